The first-order chi connectivity index (χ1) is 6.68. The van der Waals surface area contributed by atoms with E-state index in [9.17, 15) is 4.79 Å². The fourth-order valence-corrected chi connectivity index (χ4v) is 1.46. The zero-order chi connectivity index (χ0) is 10.1. The molecule has 74 valence electrons. The summed E-state index contributed by atoms with van der Waals surface area (Å²) in [5.74, 6) is -0.622. The van der Waals surface area contributed by atoms with Gasteiger partial charge in [0.05, 0.1) is 24.4 Å². The minimum Gasteiger partial charge on any atom is -0.491 e. The number of hydrogen-bond donors (Lipinski definition) is 1. The highest BCUT2D eigenvalue weighted by molar-refractivity contribution is 5.75. The van der Waals surface area contributed by atoms with Gasteiger partial charge in [0.2, 0.25) is 0 Å². The van der Waals surface area contributed by atoms with Crippen molar-refractivity contribution in [3.05, 3.63) is 23.5 Å². The molecule has 1 aliphatic heterocycles. The van der Waals surface area contributed by atoms with Crippen LogP contribution in [-0.2, 0) is 11.2 Å². The monoisotopic (exact) mass is 193 g/mol. The lowest BCUT2D eigenvalue weighted by molar-refractivity contribution is -0.138. The van der Waals surface area contributed by atoms with Gasteiger partial charge in [-0.2, -0.15) is 0 Å². The molecule has 1 N–H and O–H groups in total. The molecule has 1 atom stereocenters. The molecule has 0 aromatic carbocycles. The van der Waals surface area contributed by atoms with Gasteiger partial charge in [0.25, 0.3) is 0 Å². The van der Waals surface area contributed by atoms with Crippen LogP contribution in [0.15, 0.2) is 12.3 Å². The van der Waals surface area contributed by atoms with E-state index in [2.05, 4.69) is 4.98 Å². The van der Waals surface area contributed by atoms with E-state index in [1.807, 2.05) is 6.07 Å². The van der Waals surface area contributed by atoms with E-state index in [4.69, 9.17) is 9.84 Å². The molecule has 14 heavy (non-hydrogen) atoms. The van der Waals surface area contributed by atoms with E-state index < -0.39 is 11.9 Å². The molecule has 0 bridgehead atoms. The summed E-state index contributed by atoms with van der Waals surface area (Å²) in [6.45, 7) is 2.30. The van der Waals surface area contributed by atoms with Crippen molar-refractivity contribution < 1.29 is 14.6 Å². The average Bonchev–Trinajstić information content (AvgIpc) is 2.62. The van der Waals surface area contributed by atoms with Gasteiger partial charge in [0.1, 0.15) is 5.75 Å². The van der Waals surface area contributed by atoms with E-state index >= 15 is 0 Å². The number of carbonyl (C=O) groups is 1. The number of aromatic nitrogens is 1. The van der Waals surface area contributed by atoms with Gasteiger partial charge in [0, 0.05) is 12.0 Å². The van der Waals surface area contributed by atoms with Gasteiger partial charge in [-0.1, -0.05) is 0 Å². The maximum Gasteiger partial charge on any atom is 0.312 e. The van der Waals surface area contributed by atoms with Crippen LogP contribution in [0.3, 0.4) is 0 Å². The van der Waals surface area contributed by atoms with E-state index in [1.54, 1.807) is 13.1 Å². The van der Waals surface area contributed by atoms with Gasteiger partial charge in [-0.05, 0) is 13.0 Å². The van der Waals surface area contributed by atoms with Crippen LogP contribution < -0.4 is 4.74 Å². The van der Waals surface area contributed by atoms with Crippen molar-refractivity contribution in [2.45, 2.75) is 19.3 Å². The van der Waals surface area contributed by atoms with Crippen LogP contribution in [0.4, 0.5) is 0 Å². The summed E-state index contributed by atoms with van der Waals surface area (Å²) in [5.41, 5.74) is 1.66. The quantitative estimate of drug-likeness (QED) is 0.766. The first-order valence-corrected chi connectivity index (χ1v) is 4.53. The topological polar surface area (TPSA) is 59.4 Å². The van der Waals surface area contributed by atoms with Gasteiger partial charge in [-0.15, -0.1) is 0 Å². The maximum absolute atomic E-state index is 10.7. The smallest absolute Gasteiger partial charge is 0.312 e. The molecule has 1 aromatic heterocycles. The summed E-state index contributed by atoms with van der Waals surface area (Å²) in [7, 11) is 0. The number of carboxylic acids is 1. The van der Waals surface area contributed by atoms with Crippen molar-refractivity contribution in [3.8, 4) is 5.75 Å². The van der Waals surface area contributed by atoms with Gasteiger partial charge in [-0.3, -0.25) is 9.78 Å². The molecule has 1 unspecified atom stereocenters. The van der Waals surface area contributed by atoms with Crippen LogP contribution in [0.25, 0.3) is 0 Å². The summed E-state index contributed by atoms with van der Waals surface area (Å²) in [5, 5.41) is 8.81. The van der Waals surface area contributed by atoms with Crippen LogP contribution in [-0.4, -0.2) is 22.7 Å². The molecule has 0 aliphatic carbocycles. The standard InChI is InChI=1S/C10H11NO3/c1-6(10(12)13)8-4-7-2-3-14-9(7)5-11-8/h4-6H,2-3H2,1H3,(H,12,13). The molecule has 0 amide bonds. The average molecular weight is 193 g/mol. The Bertz CT molecular complexity index is 376. The van der Waals surface area contributed by atoms with Crippen LogP contribution in [0.2, 0.25) is 0 Å². The Labute approximate surface area is 81.5 Å². The molecule has 4 heteroatoms. The summed E-state index contributed by atoms with van der Waals surface area (Å²) in [4.78, 5) is 14.8. The second-order valence-electron chi connectivity index (χ2n) is 3.38. The molecule has 1 aliphatic rings. The lowest BCUT2D eigenvalue weighted by Gasteiger charge is -2.06. The number of carboxylic acid groups (broad SMARTS) is 1. The number of pyridine rings is 1. The number of fused-ring (bicyclic) bond motifs is 1. The highest BCUT2D eigenvalue weighted by atomic mass is 16.5. The fraction of sp³-hybridized carbons (Fsp3) is 0.400. The highest BCUT2D eigenvalue weighted by Crippen LogP contribution is 2.26. The molecule has 0 spiro atoms. The normalized spacial score (nSPS) is 15.8. The van der Waals surface area contributed by atoms with Crippen molar-refractivity contribution in [2.75, 3.05) is 6.61 Å². The molecule has 2 heterocycles. The van der Waals surface area contributed by atoms with E-state index in [1.165, 1.54) is 0 Å². The number of nitrogens with zero attached hydrogens (tertiary/aromatic N) is 1. The van der Waals surface area contributed by atoms with Gasteiger partial charge >= 0.3 is 5.97 Å². The van der Waals surface area contributed by atoms with Gasteiger partial charge < -0.3 is 9.84 Å². The predicted molar refractivity (Wildman–Crippen MR) is 49.5 cm³/mol. The molecular formula is C10H11NO3. The Morgan fingerprint density at radius 3 is 3.21 bits per heavy atom. The Morgan fingerprint density at radius 2 is 2.50 bits per heavy atom. The third kappa shape index (κ3) is 1.43. The molecule has 0 radical (unpaired) electrons. The lowest BCUT2D eigenvalue weighted by atomic mass is 10.0. The van der Waals surface area contributed by atoms with Crippen molar-refractivity contribution in [1.29, 1.82) is 0 Å². The molecule has 2 rings (SSSR count). The summed E-state index contributed by atoms with van der Waals surface area (Å²) in [6.07, 6.45) is 2.45. The van der Waals surface area contributed by atoms with Crippen LogP contribution in [0, 0.1) is 0 Å². The van der Waals surface area contributed by atoms with Crippen LogP contribution >= 0.6 is 0 Å². The number of rotatable bonds is 2. The SMILES string of the molecule is CC(C(=O)O)c1cc2c(cn1)OCC2. The Kier molecular flexibility index (Phi) is 2.11. The minimum atomic E-state index is -0.851. The molecule has 0 saturated heterocycles. The predicted octanol–water partition coefficient (Wildman–Crippen LogP) is 1.20. The summed E-state index contributed by atoms with van der Waals surface area (Å²) < 4.78 is 5.28. The van der Waals surface area contributed by atoms with Gasteiger partial charge in [-0.25, -0.2) is 0 Å². The van der Waals surface area contributed by atoms with Crippen molar-refractivity contribution in [1.82, 2.24) is 4.98 Å². The Morgan fingerprint density at radius 1 is 1.71 bits per heavy atom. The minimum absolute atomic E-state index is 0.555. The van der Waals surface area contributed by atoms with E-state index in [0.29, 0.717) is 12.3 Å². The number of ether oxygens (including phenoxy) is 1. The van der Waals surface area contributed by atoms with Gasteiger partial charge in [0.15, 0.2) is 0 Å². The zero-order valence-corrected chi connectivity index (χ0v) is 7.86. The molecular weight excluding hydrogens is 182 g/mol. The van der Waals surface area contributed by atoms with E-state index in [-0.39, 0.29) is 0 Å². The largest absolute Gasteiger partial charge is 0.491 e. The third-order valence-electron chi connectivity index (χ3n) is 2.41. The molecule has 1 aromatic rings. The second kappa shape index (κ2) is 3.29. The summed E-state index contributed by atoms with van der Waals surface area (Å²) in [6, 6.07) is 1.82. The van der Waals surface area contributed by atoms with Crippen molar-refractivity contribution in [3.63, 3.8) is 0 Å². The zero-order valence-electron chi connectivity index (χ0n) is 7.86. The first-order valence-electron chi connectivity index (χ1n) is 4.53. The molecule has 0 saturated carbocycles. The Hall–Kier alpha value is -1.58. The fourth-order valence-electron chi connectivity index (χ4n) is 1.46. The molecule has 0 fully saturated rings. The van der Waals surface area contributed by atoms with Crippen molar-refractivity contribution in [2.24, 2.45) is 0 Å². The van der Waals surface area contributed by atoms with E-state index in [0.717, 1.165) is 17.7 Å². The Balaban J connectivity index is 2.33. The number of aliphatic carboxylic acids is 1. The van der Waals surface area contributed by atoms with Crippen LogP contribution in [0.1, 0.15) is 24.1 Å². The van der Waals surface area contributed by atoms with Crippen LogP contribution in [0.5, 0.6) is 5.75 Å². The second-order valence-corrected chi connectivity index (χ2v) is 3.38. The summed E-state index contributed by atoms with van der Waals surface area (Å²) >= 11 is 0. The maximum atomic E-state index is 10.7. The third-order valence-corrected chi connectivity index (χ3v) is 2.41. The lowest BCUT2D eigenvalue weighted by Crippen LogP contribution is -2.09. The highest BCUT2D eigenvalue weighted by Gasteiger charge is 2.19. The van der Waals surface area contributed by atoms with Crippen molar-refractivity contribution >= 4 is 5.97 Å². The molecule has 4 nitrogen and oxygen atoms in total. The number of hydrogen-bond acceptors (Lipinski definition) is 3. The first kappa shape index (κ1) is 8.99.